The fourth-order valence-corrected chi connectivity index (χ4v) is 1.34. The van der Waals surface area contributed by atoms with E-state index in [1.807, 2.05) is 13.8 Å². The third kappa shape index (κ3) is 1.92. The van der Waals surface area contributed by atoms with Crippen LogP contribution in [0.15, 0.2) is 18.2 Å². The van der Waals surface area contributed by atoms with Crippen molar-refractivity contribution in [3.63, 3.8) is 0 Å². The molecular weight excluding hydrogens is 166 g/mol. The van der Waals surface area contributed by atoms with Crippen LogP contribution in [0.1, 0.15) is 19.4 Å². The third-order valence-electron chi connectivity index (χ3n) is 1.87. The van der Waals surface area contributed by atoms with Crippen LogP contribution in [-0.4, -0.2) is 12.2 Å². The lowest BCUT2D eigenvalue weighted by atomic mass is 9.94. The van der Waals surface area contributed by atoms with Gasteiger partial charge >= 0.3 is 0 Å². The molecule has 0 bridgehead atoms. The number of nitrogens with two attached hydrogens (primary N) is 1. The van der Waals surface area contributed by atoms with Gasteiger partial charge in [0.2, 0.25) is 0 Å². The van der Waals surface area contributed by atoms with Gasteiger partial charge in [-0.2, -0.15) is 0 Å². The van der Waals surface area contributed by atoms with Crippen LogP contribution in [0.3, 0.4) is 0 Å². The summed E-state index contributed by atoms with van der Waals surface area (Å²) in [5.74, 6) is 0.791. The Morgan fingerprint density at radius 2 is 2.00 bits per heavy atom. The lowest BCUT2D eigenvalue weighted by molar-refractivity contribution is 0.377. The Balaban J connectivity index is 3.32. The molecule has 0 saturated carbocycles. The Morgan fingerprint density at radius 3 is 2.38 bits per heavy atom. The highest BCUT2D eigenvalue weighted by Crippen LogP contribution is 2.34. The number of aromatic hydroxyl groups is 1. The second-order valence-electron chi connectivity index (χ2n) is 3.58. The monoisotopic (exact) mass is 181 g/mol. The first kappa shape index (κ1) is 9.86. The number of benzene rings is 1. The summed E-state index contributed by atoms with van der Waals surface area (Å²) in [7, 11) is 1.56. The Labute approximate surface area is 78.1 Å². The molecule has 0 amide bonds. The summed E-state index contributed by atoms with van der Waals surface area (Å²) < 4.78 is 5.11. The van der Waals surface area contributed by atoms with Gasteiger partial charge in [-0.3, -0.25) is 0 Å². The molecule has 3 N–H and O–H groups in total. The van der Waals surface area contributed by atoms with Crippen LogP contribution in [0.5, 0.6) is 11.5 Å². The predicted molar refractivity (Wildman–Crippen MR) is 51.9 cm³/mol. The number of methoxy groups -OCH3 is 1. The second kappa shape index (κ2) is 3.26. The van der Waals surface area contributed by atoms with Crippen LogP contribution in [0, 0.1) is 0 Å². The second-order valence-corrected chi connectivity index (χ2v) is 3.58. The van der Waals surface area contributed by atoms with E-state index in [9.17, 15) is 5.11 Å². The predicted octanol–water partition coefficient (Wildman–Crippen LogP) is 1.59. The number of phenolic OH excluding ortho intramolecular Hbond substituents is 1. The smallest absolute Gasteiger partial charge is 0.127 e. The maximum Gasteiger partial charge on any atom is 0.127 e. The lowest BCUT2D eigenvalue weighted by Crippen LogP contribution is -2.29. The Bertz CT molecular complexity index is 302. The van der Waals surface area contributed by atoms with Crippen LogP contribution < -0.4 is 10.5 Å². The Hall–Kier alpha value is -1.22. The average Bonchev–Trinajstić information content (AvgIpc) is 2.01. The van der Waals surface area contributed by atoms with E-state index >= 15 is 0 Å². The maximum absolute atomic E-state index is 9.60. The minimum Gasteiger partial charge on any atom is -0.507 e. The van der Waals surface area contributed by atoms with Crippen LogP contribution in [-0.2, 0) is 5.54 Å². The summed E-state index contributed by atoms with van der Waals surface area (Å²) >= 11 is 0. The molecule has 0 fully saturated rings. The third-order valence-corrected chi connectivity index (χ3v) is 1.87. The van der Waals surface area contributed by atoms with E-state index < -0.39 is 5.54 Å². The number of phenols is 1. The molecule has 0 aromatic heterocycles. The van der Waals surface area contributed by atoms with Crippen molar-refractivity contribution in [1.29, 1.82) is 0 Å². The molecule has 1 rings (SSSR count). The quantitative estimate of drug-likeness (QED) is 0.728. The number of ether oxygens (including phenoxy) is 1. The van der Waals surface area contributed by atoms with Crippen LogP contribution in [0.4, 0.5) is 0 Å². The zero-order valence-corrected chi connectivity index (χ0v) is 8.16. The van der Waals surface area contributed by atoms with Crippen molar-refractivity contribution in [2.24, 2.45) is 5.73 Å². The summed E-state index contributed by atoms with van der Waals surface area (Å²) in [6.45, 7) is 3.65. The minimum atomic E-state index is -0.601. The molecule has 13 heavy (non-hydrogen) atoms. The van der Waals surface area contributed by atoms with E-state index in [0.29, 0.717) is 11.3 Å². The Kier molecular flexibility index (Phi) is 2.48. The summed E-state index contributed by atoms with van der Waals surface area (Å²) in [5, 5.41) is 9.60. The molecule has 72 valence electrons. The number of rotatable bonds is 2. The van der Waals surface area contributed by atoms with Crippen molar-refractivity contribution >= 4 is 0 Å². The minimum absolute atomic E-state index is 0.173. The van der Waals surface area contributed by atoms with E-state index in [-0.39, 0.29) is 5.75 Å². The molecule has 0 atom stereocenters. The lowest BCUT2D eigenvalue weighted by Gasteiger charge is -2.22. The van der Waals surface area contributed by atoms with Gasteiger partial charge in [0.15, 0.2) is 0 Å². The molecule has 0 aliphatic heterocycles. The van der Waals surface area contributed by atoms with Crippen molar-refractivity contribution in [1.82, 2.24) is 0 Å². The summed E-state index contributed by atoms with van der Waals surface area (Å²) in [6.07, 6.45) is 0. The first-order chi connectivity index (χ1) is 5.96. The van der Waals surface area contributed by atoms with Crippen LogP contribution in [0.25, 0.3) is 0 Å². The van der Waals surface area contributed by atoms with Crippen molar-refractivity contribution < 1.29 is 9.84 Å². The summed E-state index contributed by atoms with van der Waals surface area (Å²) in [5.41, 5.74) is 5.93. The van der Waals surface area contributed by atoms with Gasteiger partial charge in [0, 0.05) is 5.54 Å². The molecule has 3 heteroatoms. The molecule has 3 nitrogen and oxygen atoms in total. The summed E-state index contributed by atoms with van der Waals surface area (Å²) in [6, 6.07) is 5.11. The first-order valence-corrected chi connectivity index (χ1v) is 4.12. The molecule has 1 aromatic rings. The van der Waals surface area contributed by atoms with Gasteiger partial charge in [-0.1, -0.05) is 6.07 Å². The van der Waals surface area contributed by atoms with Crippen molar-refractivity contribution in [2.75, 3.05) is 7.11 Å². The van der Waals surface area contributed by atoms with Crippen LogP contribution >= 0.6 is 0 Å². The van der Waals surface area contributed by atoms with Gasteiger partial charge in [-0.25, -0.2) is 0 Å². The van der Waals surface area contributed by atoms with Crippen LogP contribution in [0.2, 0.25) is 0 Å². The standard InChI is InChI=1S/C10H15NO2/c1-10(2,11)9-7(12)5-4-6-8(9)13-3/h4-6,12H,11H2,1-3H3. The molecule has 0 spiro atoms. The average molecular weight is 181 g/mol. The highest BCUT2D eigenvalue weighted by atomic mass is 16.5. The topological polar surface area (TPSA) is 55.5 Å². The zero-order valence-electron chi connectivity index (χ0n) is 8.16. The van der Waals surface area contributed by atoms with E-state index in [1.165, 1.54) is 0 Å². The highest BCUT2D eigenvalue weighted by molar-refractivity contribution is 5.47. The first-order valence-electron chi connectivity index (χ1n) is 4.12. The normalized spacial score (nSPS) is 11.4. The van der Waals surface area contributed by atoms with E-state index in [1.54, 1.807) is 25.3 Å². The fraction of sp³-hybridized carbons (Fsp3) is 0.400. The SMILES string of the molecule is COc1cccc(O)c1C(C)(C)N. The van der Waals surface area contributed by atoms with Crippen molar-refractivity contribution in [3.8, 4) is 11.5 Å². The molecule has 0 heterocycles. The number of hydrogen-bond acceptors (Lipinski definition) is 3. The van der Waals surface area contributed by atoms with E-state index in [2.05, 4.69) is 0 Å². The van der Waals surface area contributed by atoms with E-state index in [4.69, 9.17) is 10.5 Å². The Morgan fingerprint density at radius 1 is 1.38 bits per heavy atom. The highest BCUT2D eigenvalue weighted by Gasteiger charge is 2.22. The molecule has 1 aromatic carbocycles. The van der Waals surface area contributed by atoms with Gasteiger partial charge in [0.25, 0.3) is 0 Å². The van der Waals surface area contributed by atoms with Gasteiger partial charge < -0.3 is 15.6 Å². The van der Waals surface area contributed by atoms with Gasteiger partial charge in [-0.05, 0) is 26.0 Å². The molecule has 0 saturated heterocycles. The molecule has 0 aliphatic carbocycles. The fourth-order valence-electron chi connectivity index (χ4n) is 1.34. The van der Waals surface area contributed by atoms with Crippen molar-refractivity contribution in [3.05, 3.63) is 23.8 Å². The molecule has 0 radical (unpaired) electrons. The maximum atomic E-state index is 9.60. The van der Waals surface area contributed by atoms with Crippen molar-refractivity contribution in [2.45, 2.75) is 19.4 Å². The largest absolute Gasteiger partial charge is 0.507 e. The molecule has 0 aliphatic rings. The van der Waals surface area contributed by atoms with E-state index in [0.717, 1.165) is 0 Å². The molecule has 0 unspecified atom stereocenters. The van der Waals surface area contributed by atoms with Gasteiger partial charge in [0.1, 0.15) is 11.5 Å². The number of hydrogen-bond donors (Lipinski definition) is 2. The van der Waals surface area contributed by atoms with Gasteiger partial charge in [0.05, 0.1) is 12.7 Å². The zero-order chi connectivity index (χ0) is 10.1. The summed E-state index contributed by atoms with van der Waals surface area (Å²) in [4.78, 5) is 0. The molecular formula is C10H15NO2. The van der Waals surface area contributed by atoms with Gasteiger partial charge in [-0.15, -0.1) is 0 Å².